The van der Waals surface area contributed by atoms with Gasteiger partial charge >= 0.3 is 6.18 Å². The number of nitrogens with two attached hydrogens (primary N) is 2. The van der Waals surface area contributed by atoms with E-state index < -0.39 is 23.2 Å². The Bertz CT molecular complexity index is 474. The molecule has 0 aliphatic carbocycles. The summed E-state index contributed by atoms with van der Waals surface area (Å²) in [5.41, 5.74) is 8.95. The number of nitrogens with zero attached hydrogens (tertiary/aromatic N) is 1. The van der Waals surface area contributed by atoms with Gasteiger partial charge in [0.25, 0.3) is 0 Å². The van der Waals surface area contributed by atoms with E-state index in [0.29, 0.717) is 11.4 Å². The Balaban J connectivity index is 2.68. The largest absolute Gasteiger partial charge is 0.417 e. The first-order chi connectivity index (χ1) is 9.02. The third kappa shape index (κ3) is 4.68. The molecule has 4 N–H and O–H groups in total. The van der Waals surface area contributed by atoms with E-state index in [4.69, 9.17) is 11.5 Å². The predicted molar refractivity (Wildman–Crippen MR) is 71.0 cm³/mol. The van der Waals surface area contributed by atoms with Crippen molar-refractivity contribution in [3.63, 3.8) is 0 Å². The van der Waals surface area contributed by atoms with Gasteiger partial charge in [-0.2, -0.15) is 13.2 Å². The van der Waals surface area contributed by atoms with Gasteiger partial charge in [0.15, 0.2) is 0 Å². The van der Waals surface area contributed by atoms with Crippen LogP contribution in [0.2, 0.25) is 0 Å². The van der Waals surface area contributed by atoms with Gasteiger partial charge < -0.3 is 11.5 Å². The van der Waals surface area contributed by atoms with Crippen molar-refractivity contribution in [2.75, 3.05) is 0 Å². The van der Waals surface area contributed by atoms with Crippen LogP contribution in [0.25, 0.3) is 0 Å². The molecule has 4 nitrogen and oxygen atoms in total. The fourth-order valence-corrected chi connectivity index (χ4v) is 2.67. The normalized spacial score (nSPS) is 16.5. The smallest absolute Gasteiger partial charge is 0.368 e. The van der Waals surface area contributed by atoms with Gasteiger partial charge in [0.05, 0.1) is 16.1 Å². The van der Waals surface area contributed by atoms with Gasteiger partial charge in [-0.05, 0) is 25.5 Å². The number of pyridine rings is 1. The summed E-state index contributed by atoms with van der Waals surface area (Å²) in [6.07, 6.45) is -3.32. The van der Waals surface area contributed by atoms with Crippen LogP contribution in [0.15, 0.2) is 23.4 Å². The standard InChI is InChI=1S/C12H16F3N3OS/c1-7(5-11(2,17)10(16)19)20-9-4-3-8(6-18-9)12(13,14)15/h3-4,6-7H,5,17H2,1-2H3,(H2,16,19). The van der Waals surface area contributed by atoms with Gasteiger partial charge in [0.1, 0.15) is 0 Å². The van der Waals surface area contributed by atoms with Crippen LogP contribution in [0.4, 0.5) is 13.2 Å². The molecule has 0 aromatic carbocycles. The lowest BCUT2D eigenvalue weighted by Crippen LogP contribution is -2.50. The van der Waals surface area contributed by atoms with E-state index in [1.807, 2.05) is 0 Å². The van der Waals surface area contributed by atoms with Crippen LogP contribution in [-0.2, 0) is 11.0 Å². The molecule has 1 aromatic rings. The average Bonchev–Trinajstić information content (AvgIpc) is 2.27. The molecular weight excluding hydrogens is 291 g/mol. The fraction of sp³-hybridized carbons (Fsp3) is 0.500. The summed E-state index contributed by atoms with van der Waals surface area (Å²) in [4.78, 5) is 14.9. The Labute approximate surface area is 119 Å². The molecule has 8 heteroatoms. The predicted octanol–water partition coefficient (Wildman–Crippen LogP) is 2.17. The highest BCUT2D eigenvalue weighted by Crippen LogP contribution is 2.31. The zero-order valence-corrected chi connectivity index (χ0v) is 11.9. The van der Waals surface area contributed by atoms with Crippen molar-refractivity contribution in [1.29, 1.82) is 0 Å². The summed E-state index contributed by atoms with van der Waals surface area (Å²) < 4.78 is 37.1. The number of carbonyl (C=O) groups excluding carboxylic acids is 1. The van der Waals surface area contributed by atoms with Gasteiger partial charge in [-0.15, -0.1) is 11.8 Å². The number of carbonyl (C=O) groups is 1. The summed E-state index contributed by atoms with van der Waals surface area (Å²) in [6, 6.07) is 2.26. The molecular formula is C12H16F3N3OS. The molecule has 112 valence electrons. The highest BCUT2D eigenvalue weighted by Gasteiger charge is 2.31. The number of primary amides is 1. The van der Waals surface area contributed by atoms with E-state index in [1.54, 1.807) is 6.92 Å². The number of amides is 1. The molecule has 20 heavy (non-hydrogen) atoms. The molecule has 0 radical (unpaired) electrons. The SMILES string of the molecule is CC(CC(C)(N)C(N)=O)Sc1ccc(C(F)(F)F)cn1. The molecule has 0 fully saturated rings. The molecule has 1 rings (SSSR count). The van der Waals surface area contributed by atoms with Gasteiger partial charge in [-0.25, -0.2) is 4.98 Å². The van der Waals surface area contributed by atoms with Crippen molar-refractivity contribution in [3.05, 3.63) is 23.9 Å². The molecule has 0 bridgehead atoms. The van der Waals surface area contributed by atoms with Crippen molar-refractivity contribution in [3.8, 4) is 0 Å². The Hall–Kier alpha value is -1.28. The zero-order chi connectivity index (χ0) is 15.6. The lowest BCUT2D eigenvalue weighted by atomic mass is 9.97. The van der Waals surface area contributed by atoms with E-state index in [0.717, 1.165) is 12.3 Å². The lowest BCUT2D eigenvalue weighted by molar-refractivity contribution is -0.137. The van der Waals surface area contributed by atoms with Crippen LogP contribution in [0.1, 0.15) is 25.8 Å². The Morgan fingerprint density at radius 3 is 2.45 bits per heavy atom. The lowest BCUT2D eigenvalue weighted by Gasteiger charge is -2.23. The maximum atomic E-state index is 12.4. The third-order valence-electron chi connectivity index (χ3n) is 2.66. The summed E-state index contributed by atoms with van der Waals surface area (Å²) >= 11 is 1.24. The minimum absolute atomic E-state index is 0.110. The molecule has 1 amide bonds. The number of hydrogen-bond acceptors (Lipinski definition) is 4. The van der Waals surface area contributed by atoms with Crippen molar-refractivity contribution in [2.45, 2.75) is 42.3 Å². The maximum Gasteiger partial charge on any atom is 0.417 e. The molecule has 1 aromatic heterocycles. The summed E-state index contributed by atoms with van der Waals surface area (Å²) in [7, 11) is 0. The second-order valence-corrected chi connectivity index (χ2v) is 6.26. The number of rotatable bonds is 5. The zero-order valence-electron chi connectivity index (χ0n) is 11.1. The molecule has 1 heterocycles. The van der Waals surface area contributed by atoms with Crippen molar-refractivity contribution in [2.24, 2.45) is 11.5 Å². The van der Waals surface area contributed by atoms with Gasteiger partial charge in [-0.1, -0.05) is 6.92 Å². The van der Waals surface area contributed by atoms with Crippen LogP contribution < -0.4 is 11.5 Å². The van der Waals surface area contributed by atoms with Crippen molar-refractivity contribution >= 4 is 17.7 Å². The van der Waals surface area contributed by atoms with Gasteiger partial charge in [0.2, 0.25) is 5.91 Å². The third-order valence-corrected chi connectivity index (χ3v) is 3.71. The molecule has 0 aliphatic heterocycles. The van der Waals surface area contributed by atoms with E-state index >= 15 is 0 Å². The highest BCUT2D eigenvalue weighted by molar-refractivity contribution is 7.99. The second kappa shape index (κ2) is 6.01. The summed E-state index contributed by atoms with van der Waals surface area (Å²) in [5, 5.41) is 0.326. The number of thioether (sulfide) groups is 1. The number of alkyl halides is 3. The molecule has 2 atom stereocenters. The minimum atomic E-state index is -4.40. The number of aromatic nitrogens is 1. The van der Waals surface area contributed by atoms with E-state index in [2.05, 4.69) is 4.98 Å². The number of halogens is 3. The monoisotopic (exact) mass is 307 g/mol. The van der Waals surface area contributed by atoms with E-state index in [-0.39, 0.29) is 5.25 Å². The van der Waals surface area contributed by atoms with Crippen LogP contribution in [0.5, 0.6) is 0 Å². The van der Waals surface area contributed by atoms with Gasteiger partial charge in [-0.3, -0.25) is 4.79 Å². The Morgan fingerprint density at radius 1 is 1.45 bits per heavy atom. The van der Waals surface area contributed by atoms with Crippen molar-refractivity contribution < 1.29 is 18.0 Å². The van der Waals surface area contributed by atoms with Crippen LogP contribution in [0, 0.1) is 0 Å². The quantitative estimate of drug-likeness (QED) is 0.817. The fourth-order valence-electron chi connectivity index (χ4n) is 1.56. The Morgan fingerprint density at radius 2 is 2.05 bits per heavy atom. The molecule has 2 unspecified atom stereocenters. The first-order valence-corrected chi connectivity index (χ1v) is 6.69. The van der Waals surface area contributed by atoms with Crippen molar-refractivity contribution in [1.82, 2.24) is 4.98 Å². The maximum absolute atomic E-state index is 12.4. The van der Waals surface area contributed by atoms with E-state index in [1.165, 1.54) is 24.8 Å². The topological polar surface area (TPSA) is 82.0 Å². The van der Waals surface area contributed by atoms with E-state index in [9.17, 15) is 18.0 Å². The first kappa shape index (κ1) is 16.8. The molecule has 0 aliphatic rings. The molecule has 0 spiro atoms. The first-order valence-electron chi connectivity index (χ1n) is 5.81. The average molecular weight is 307 g/mol. The van der Waals surface area contributed by atoms with Crippen LogP contribution in [-0.4, -0.2) is 21.7 Å². The summed E-state index contributed by atoms with van der Waals surface area (Å²) in [5.74, 6) is -0.620. The van der Waals surface area contributed by atoms with Crippen LogP contribution in [0.3, 0.4) is 0 Å². The summed E-state index contributed by atoms with van der Waals surface area (Å²) in [6.45, 7) is 3.32. The highest BCUT2D eigenvalue weighted by atomic mass is 32.2. The minimum Gasteiger partial charge on any atom is -0.368 e. The second-order valence-electron chi connectivity index (χ2n) is 4.80. The van der Waals surface area contributed by atoms with Crippen LogP contribution >= 0.6 is 11.8 Å². The molecule has 0 saturated heterocycles. The molecule has 0 saturated carbocycles. The number of hydrogen-bond donors (Lipinski definition) is 2. The van der Waals surface area contributed by atoms with Gasteiger partial charge in [0, 0.05) is 11.4 Å². The Kier molecular flexibility index (Phi) is 5.04.